The summed E-state index contributed by atoms with van der Waals surface area (Å²) in [6.07, 6.45) is 0. The van der Waals surface area contributed by atoms with Crippen LogP contribution in [0, 0.1) is 0 Å². The highest BCUT2D eigenvalue weighted by Crippen LogP contribution is 2.44. The Morgan fingerprint density at radius 1 is 0.377 bits per heavy atom. The predicted molar refractivity (Wildman–Crippen MR) is 227 cm³/mol. The predicted octanol–water partition coefficient (Wildman–Crippen LogP) is 15.1. The normalized spacial score (nSPS) is 11.8. The van der Waals surface area contributed by atoms with Crippen LogP contribution in [0.15, 0.2) is 192 Å². The lowest BCUT2D eigenvalue weighted by atomic mass is 9.97. The smallest absolute Gasteiger partial charge is 0.137 e. The monoisotopic (exact) mass is 693 g/mol. The Balaban J connectivity index is 1.03. The molecule has 0 aliphatic rings. The first-order chi connectivity index (χ1) is 26.3. The fourth-order valence-corrected chi connectivity index (χ4v) is 9.29. The molecule has 2 nitrogen and oxygen atoms in total. The average molecular weight is 694 g/mol. The van der Waals surface area contributed by atoms with Gasteiger partial charge in [0.15, 0.2) is 0 Å². The molecular formula is C50H31NOS. The molecule has 3 heteroatoms. The number of anilines is 3. The fraction of sp³-hybridized carbons (Fsp3) is 0. The molecule has 0 saturated heterocycles. The summed E-state index contributed by atoms with van der Waals surface area (Å²) in [5, 5.41) is 9.96. The summed E-state index contributed by atoms with van der Waals surface area (Å²) in [5.41, 5.74) is 9.82. The molecule has 53 heavy (non-hydrogen) atoms. The molecule has 0 spiro atoms. The molecule has 0 unspecified atom stereocenters. The molecule has 0 radical (unpaired) electrons. The molecule has 0 saturated carbocycles. The van der Waals surface area contributed by atoms with Gasteiger partial charge in [-0.15, -0.1) is 11.3 Å². The summed E-state index contributed by atoms with van der Waals surface area (Å²) in [5.74, 6) is 0. The maximum Gasteiger partial charge on any atom is 0.137 e. The van der Waals surface area contributed by atoms with Crippen LogP contribution >= 0.6 is 11.3 Å². The molecule has 0 amide bonds. The van der Waals surface area contributed by atoms with Crippen molar-refractivity contribution in [2.75, 3.05) is 4.90 Å². The molecule has 0 bridgehead atoms. The van der Waals surface area contributed by atoms with Crippen molar-refractivity contribution in [1.29, 1.82) is 0 Å². The van der Waals surface area contributed by atoms with Crippen molar-refractivity contribution in [2.24, 2.45) is 0 Å². The fourth-order valence-electron chi connectivity index (χ4n) is 8.17. The van der Waals surface area contributed by atoms with Gasteiger partial charge in [-0.1, -0.05) is 127 Å². The number of rotatable bonds is 5. The van der Waals surface area contributed by atoms with E-state index in [1.807, 2.05) is 23.5 Å². The zero-order chi connectivity index (χ0) is 34.9. The van der Waals surface area contributed by atoms with Crippen LogP contribution < -0.4 is 4.90 Å². The second-order valence-electron chi connectivity index (χ2n) is 13.7. The zero-order valence-electron chi connectivity index (χ0n) is 28.7. The molecule has 9 aromatic carbocycles. The Hall–Kier alpha value is -6.68. The van der Waals surface area contributed by atoms with Crippen LogP contribution in [0.25, 0.3) is 85.9 Å². The third kappa shape index (κ3) is 4.86. The van der Waals surface area contributed by atoms with Crippen molar-refractivity contribution in [3.8, 4) is 22.3 Å². The molecule has 0 fully saturated rings. The van der Waals surface area contributed by atoms with E-state index in [1.165, 1.54) is 64.0 Å². The van der Waals surface area contributed by atoms with Crippen LogP contribution in [0.3, 0.4) is 0 Å². The molecule has 0 aliphatic carbocycles. The minimum Gasteiger partial charge on any atom is -0.456 e. The third-order valence-corrected chi connectivity index (χ3v) is 11.8. The summed E-state index contributed by atoms with van der Waals surface area (Å²) in [6, 6.07) is 68.0. The molecule has 11 rings (SSSR count). The van der Waals surface area contributed by atoms with E-state index < -0.39 is 0 Å². The maximum absolute atomic E-state index is 6.36. The van der Waals surface area contributed by atoms with Crippen LogP contribution in [0.5, 0.6) is 0 Å². The minimum absolute atomic E-state index is 0.876. The highest BCUT2D eigenvalue weighted by molar-refractivity contribution is 7.26. The quantitative estimate of drug-likeness (QED) is 0.178. The number of benzene rings is 9. The topological polar surface area (TPSA) is 16.4 Å². The second-order valence-corrected chi connectivity index (χ2v) is 14.8. The molecule has 0 aliphatic heterocycles. The maximum atomic E-state index is 6.36. The summed E-state index contributed by atoms with van der Waals surface area (Å²) < 4.78 is 9.03. The molecule has 0 N–H and O–H groups in total. The van der Waals surface area contributed by atoms with Gasteiger partial charge in [0.25, 0.3) is 0 Å². The largest absolute Gasteiger partial charge is 0.456 e. The van der Waals surface area contributed by atoms with Crippen molar-refractivity contribution in [3.05, 3.63) is 188 Å². The molecule has 11 aromatic rings. The number of hydrogen-bond acceptors (Lipinski definition) is 3. The Morgan fingerprint density at radius 3 is 1.89 bits per heavy atom. The van der Waals surface area contributed by atoms with Gasteiger partial charge >= 0.3 is 0 Å². The number of thiophene rings is 1. The van der Waals surface area contributed by atoms with Crippen molar-refractivity contribution in [2.45, 2.75) is 0 Å². The third-order valence-electron chi connectivity index (χ3n) is 10.7. The average Bonchev–Trinajstić information content (AvgIpc) is 3.80. The van der Waals surface area contributed by atoms with E-state index in [-0.39, 0.29) is 0 Å². The van der Waals surface area contributed by atoms with E-state index in [4.69, 9.17) is 4.42 Å². The lowest BCUT2D eigenvalue weighted by Gasteiger charge is -2.26. The van der Waals surface area contributed by atoms with Gasteiger partial charge in [0.05, 0.1) is 11.1 Å². The first kappa shape index (κ1) is 30.0. The van der Waals surface area contributed by atoms with Crippen LogP contribution in [0.1, 0.15) is 0 Å². The van der Waals surface area contributed by atoms with Gasteiger partial charge in [0.2, 0.25) is 0 Å². The van der Waals surface area contributed by atoms with Crippen LogP contribution in [-0.2, 0) is 0 Å². The first-order valence-corrected chi connectivity index (χ1v) is 18.8. The van der Waals surface area contributed by atoms with Crippen molar-refractivity contribution >= 4 is 92.1 Å². The Kier molecular flexibility index (Phi) is 6.76. The summed E-state index contributed by atoms with van der Waals surface area (Å²) >= 11 is 1.87. The number of para-hydroxylation sites is 1. The number of nitrogens with zero attached hydrogens (tertiary/aromatic N) is 1. The molecular weight excluding hydrogens is 663 g/mol. The van der Waals surface area contributed by atoms with E-state index in [9.17, 15) is 0 Å². The van der Waals surface area contributed by atoms with Gasteiger partial charge in [-0.3, -0.25) is 0 Å². The van der Waals surface area contributed by atoms with Gasteiger partial charge in [-0.2, -0.15) is 0 Å². The Labute approximate surface area is 310 Å². The molecule has 2 heterocycles. The number of furan rings is 1. The van der Waals surface area contributed by atoms with Crippen LogP contribution in [0.4, 0.5) is 17.1 Å². The summed E-state index contributed by atoms with van der Waals surface area (Å²) in [6.45, 7) is 0. The van der Waals surface area contributed by atoms with Crippen LogP contribution in [-0.4, -0.2) is 0 Å². The molecule has 248 valence electrons. The Bertz CT molecular complexity index is 3160. The summed E-state index contributed by atoms with van der Waals surface area (Å²) in [7, 11) is 0. The minimum atomic E-state index is 0.876. The molecule has 0 atom stereocenters. The Morgan fingerprint density at radius 2 is 1.04 bits per heavy atom. The number of fused-ring (bicyclic) bond motifs is 9. The van der Waals surface area contributed by atoms with Gasteiger partial charge < -0.3 is 9.32 Å². The SMILES string of the molecule is c1ccc2c(-c3ccc(N(c4ccc(-c5ccc6c(ccc7sc8ccccc8c76)c5)cc4)c4cccc5oc6ccccc6c45)cc3)cccc2c1. The molecule has 2 aromatic heterocycles. The highest BCUT2D eigenvalue weighted by atomic mass is 32.1. The van der Waals surface area contributed by atoms with Gasteiger partial charge in [0.1, 0.15) is 11.2 Å². The van der Waals surface area contributed by atoms with Crippen molar-refractivity contribution in [1.82, 2.24) is 0 Å². The van der Waals surface area contributed by atoms with Gasteiger partial charge in [-0.25, -0.2) is 0 Å². The van der Waals surface area contributed by atoms with E-state index >= 15 is 0 Å². The highest BCUT2D eigenvalue weighted by Gasteiger charge is 2.20. The summed E-state index contributed by atoms with van der Waals surface area (Å²) in [4.78, 5) is 2.36. The van der Waals surface area contributed by atoms with E-state index in [2.05, 4.69) is 181 Å². The zero-order valence-corrected chi connectivity index (χ0v) is 29.5. The lowest BCUT2D eigenvalue weighted by Crippen LogP contribution is -2.10. The van der Waals surface area contributed by atoms with Crippen LogP contribution in [0.2, 0.25) is 0 Å². The lowest BCUT2D eigenvalue weighted by molar-refractivity contribution is 0.669. The van der Waals surface area contributed by atoms with E-state index in [1.54, 1.807) is 0 Å². The number of hydrogen-bond donors (Lipinski definition) is 0. The standard InChI is InChI=1S/C50H31NOS/c1-2-11-39-33(9-1)10-7-14-40(39)34-21-27-38(28-22-34)51(44-15-8-17-46-50(44)42-12-3-5-16-45(42)52-46)37-25-19-32(20-26-37)35-23-29-41-36(31-35)24-30-48-49(41)43-13-4-6-18-47(43)53-48/h1-31H. The van der Waals surface area contributed by atoms with Gasteiger partial charge in [-0.05, 0) is 104 Å². The van der Waals surface area contributed by atoms with E-state index in [0.29, 0.717) is 0 Å². The second kappa shape index (κ2) is 11.9. The first-order valence-electron chi connectivity index (χ1n) is 18.0. The van der Waals surface area contributed by atoms with E-state index in [0.717, 1.165) is 39.0 Å². The van der Waals surface area contributed by atoms with Gasteiger partial charge in [0, 0.05) is 36.9 Å². The van der Waals surface area contributed by atoms with Crippen molar-refractivity contribution < 1.29 is 4.42 Å². The van der Waals surface area contributed by atoms with Crippen molar-refractivity contribution in [3.63, 3.8) is 0 Å².